The fourth-order valence-electron chi connectivity index (χ4n) is 4.62. The van der Waals surface area contributed by atoms with Gasteiger partial charge in [-0.25, -0.2) is 0 Å². The second-order valence-electron chi connectivity index (χ2n) is 8.43. The normalized spacial score (nSPS) is 17.3. The molecule has 0 saturated carbocycles. The monoisotopic (exact) mass is 468 g/mol. The number of nitrogens with zero attached hydrogens (tertiary/aromatic N) is 1. The van der Waals surface area contributed by atoms with E-state index in [1.54, 1.807) is 36.4 Å². The summed E-state index contributed by atoms with van der Waals surface area (Å²) in [5.74, 6) is -1.11. The standard InChI is InChI=1S/C28H24N2O5/c1-35-21-6-4-5-18(15-21)26(32)24-25(17-9-11-20(31)12-10-17)30(28(34)27(24)33)14-13-19-16-29-23-8-3-2-7-22(19)23/h2-12,15-16,25,29,31-32H,13-14H2,1H3/b26-24+. The molecular formula is C28H24N2O5. The lowest BCUT2D eigenvalue weighted by atomic mass is 9.95. The number of nitrogens with one attached hydrogen (secondary N) is 1. The second-order valence-corrected chi connectivity index (χ2v) is 8.43. The molecule has 2 heterocycles. The first kappa shape index (κ1) is 22.3. The SMILES string of the molecule is COc1cccc(/C(O)=C2\C(=O)C(=O)N(CCc3c[nH]c4ccccc34)C2c2ccc(O)cc2)c1. The minimum Gasteiger partial charge on any atom is -0.508 e. The number of H-pyrrole nitrogens is 1. The number of likely N-dealkylation sites (tertiary alicyclic amines) is 1. The molecule has 1 saturated heterocycles. The van der Waals surface area contributed by atoms with E-state index in [1.165, 1.54) is 24.1 Å². The fraction of sp³-hybridized carbons (Fsp3) is 0.143. The Hall–Kier alpha value is -4.52. The number of rotatable bonds is 6. The number of carbonyl (C=O) groups excluding carboxylic acids is 2. The number of aliphatic hydroxyl groups excluding tert-OH is 1. The number of hydrogen-bond donors (Lipinski definition) is 3. The average molecular weight is 469 g/mol. The van der Waals surface area contributed by atoms with Crippen molar-refractivity contribution >= 4 is 28.4 Å². The largest absolute Gasteiger partial charge is 0.508 e. The molecule has 1 atom stereocenters. The Morgan fingerprint density at radius 3 is 2.57 bits per heavy atom. The van der Waals surface area contributed by atoms with Gasteiger partial charge in [-0.3, -0.25) is 9.59 Å². The lowest BCUT2D eigenvalue weighted by Gasteiger charge is -2.25. The van der Waals surface area contributed by atoms with Crippen LogP contribution in [0.1, 0.15) is 22.7 Å². The molecule has 0 bridgehead atoms. The zero-order valence-electron chi connectivity index (χ0n) is 19.1. The minimum atomic E-state index is -0.799. The number of fused-ring (bicyclic) bond motifs is 1. The van der Waals surface area contributed by atoms with Crippen LogP contribution in [0.5, 0.6) is 11.5 Å². The highest BCUT2D eigenvalue weighted by molar-refractivity contribution is 6.46. The van der Waals surface area contributed by atoms with Crippen molar-refractivity contribution in [2.24, 2.45) is 0 Å². The van der Waals surface area contributed by atoms with E-state index in [4.69, 9.17) is 4.74 Å². The van der Waals surface area contributed by atoms with Gasteiger partial charge in [0.2, 0.25) is 0 Å². The van der Waals surface area contributed by atoms with Crippen LogP contribution >= 0.6 is 0 Å². The topological polar surface area (TPSA) is 103 Å². The highest BCUT2D eigenvalue weighted by Crippen LogP contribution is 2.40. The number of amides is 1. The maximum Gasteiger partial charge on any atom is 0.295 e. The first-order valence-electron chi connectivity index (χ1n) is 11.2. The Kier molecular flexibility index (Phi) is 5.74. The molecule has 1 aliphatic rings. The van der Waals surface area contributed by atoms with Crippen LogP contribution < -0.4 is 4.74 Å². The molecule has 3 aromatic carbocycles. The summed E-state index contributed by atoms with van der Waals surface area (Å²) in [6.07, 6.45) is 2.43. The highest BCUT2D eigenvalue weighted by atomic mass is 16.5. The summed E-state index contributed by atoms with van der Waals surface area (Å²) < 4.78 is 5.25. The molecule has 1 fully saturated rings. The van der Waals surface area contributed by atoms with Crippen LogP contribution in [0.25, 0.3) is 16.7 Å². The quantitative estimate of drug-likeness (QED) is 0.219. The van der Waals surface area contributed by atoms with E-state index >= 15 is 0 Å². The molecule has 1 unspecified atom stereocenters. The molecule has 7 nitrogen and oxygen atoms in total. The molecule has 1 aromatic heterocycles. The highest BCUT2D eigenvalue weighted by Gasteiger charge is 2.45. The number of aromatic amines is 1. The molecule has 176 valence electrons. The number of benzene rings is 3. The van der Waals surface area contributed by atoms with Crippen molar-refractivity contribution < 1.29 is 24.5 Å². The van der Waals surface area contributed by atoms with Gasteiger partial charge in [-0.15, -0.1) is 0 Å². The molecular weight excluding hydrogens is 444 g/mol. The number of aromatic hydroxyl groups is 1. The third kappa shape index (κ3) is 4.01. The van der Waals surface area contributed by atoms with Crippen molar-refractivity contribution in [3.63, 3.8) is 0 Å². The third-order valence-corrected chi connectivity index (χ3v) is 6.39. The number of ketones is 1. The first-order chi connectivity index (χ1) is 17.0. The van der Waals surface area contributed by atoms with E-state index in [-0.39, 0.29) is 23.6 Å². The van der Waals surface area contributed by atoms with Gasteiger partial charge in [-0.1, -0.05) is 42.5 Å². The van der Waals surface area contributed by atoms with Gasteiger partial charge in [-0.2, -0.15) is 0 Å². The van der Waals surface area contributed by atoms with Crippen LogP contribution in [0.3, 0.4) is 0 Å². The maximum atomic E-state index is 13.2. The molecule has 35 heavy (non-hydrogen) atoms. The molecule has 0 radical (unpaired) electrons. The van der Waals surface area contributed by atoms with Gasteiger partial charge in [0.05, 0.1) is 18.7 Å². The zero-order valence-corrected chi connectivity index (χ0v) is 19.1. The predicted molar refractivity (Wildman–Crippen MR) is 132 cm³/mol. The lowest BCUT2D eigenvalue weighted by Crippen LogP contribution is -2.31. The molecule has 0 spiro atoms. The number of phenolic OH excluding ortho intramolecular Hbond substituents is 1. The Balaban J connectivity index is 1.57. The van der Waals surface area contributed by atoms with Crippen LogP contribution in [0.15, 0.2) is 84.6 Å². The van der Waals surface area contributed by atoms with Gasteiger partial charge in [-0.05, 0) is 47.9 Å². The number of aromatic nitrogens is 1. The predicted octanol–water partition coefficient (Wildman–Crippen LogP) is 4.55. The zero-order chi connectivity index (χ0) is 24.5. The van der Waals surface area contributed by atoms with E-state index in [2.05, 4.69) is 4.98 Å². The van der Waals surface area contributed by atoms with Gasteiger partial charge < -0.3 is 24.8 Å². The second kappa shape index (κ2) is 9.02. The van der Waals surface area contributed by atoms with Crippen LogP contribution in [-0.2, 0) is 16.0 Å². The van der Waals surface area contributed by atoms with Crippen LogP contribution in [-0.4, -0.2) is 45.4 Å². The van der Waals surface area contributed by atoms with Gasteiger partial charge in [0.1, 0.15) is 17.3 Å². The molecule has 1 aliphatic heterocycles. The summed E-state index contributed by atoms with van der Waals surface area (Å²) in [6, 6.07) is 20.1. The van der Waals surface area contributed by atoms with Gasteiger partial charge in [0, 0.05) is 29.2 Å². The van der Waals surface area contributed by atoms with E-state index in [1.807, 2.05) is 30.5 Å². The van der Waals surface area contributed by atoms with Crippen molar-refractivity contribution in [3.05, 3.63) is 101 Å². The summed E-state index contributed by atoms with van der Waals surface area (Å²) >= 11 is 0. The summed E-state index contributed by atoms with van der Waals surface area (Å²) in [4.78, 5) is 31.1. The fourth-order valence-corrected chi connectivity index (χ4v) is 4.62. The van der Waals surface area contributed by atoms with E-state index in [9.17, 15) is 19.8 Å². The lowest BCUT2D eigenvalue weighted by molar-refractivity contribution is -0.139. The van der Waals surface area contributed by atoms with Gasteiger partial charge in [0.15, 0.2) is 0 Å². The number of hydrogen-bond acceptors (Lipinski definition) is 5. The molecule has 1 amide bonds. The number of Topliss-reactive ketones (excluding diaryl/α,β-unsaturated/α-hetero) is 1. The number of aliphatic hydroxyl groups is 1. The summed E-state index contributed by atoms with van der Waals surface area (Å²) in [7, 11) is 1.51. The van der Waals surface area contributed by atoms with Crippen molar-refractivity contribution in [1.82, 2.24) is 9.88 Å². The summed E-state index contributed by atoms with van der Waals surface area (Å²) in [5, 5.41) is 22.0. The van der Waals surface area contributed by atoms with Gasteiger partial charge in [0.25, 0.3) is 11.7 Å². The third-order valence-electron chi connectivity index (χ3n) is 6.39. The number of carbonyl (C=O) groups is 2. The Morgan fingerprint density at radius 1 is 1.03 bits per heavy atom. The molecule has 4 aromatic rings. The molecule has 7 heteroatoms. The molecule has 5 rings (SSSR count). The Morgan fingerprint density at radius 2 is 1.80 bits per heavy atom. The average Bonchev–Trinajstić information content (AvgIpc) is 3.41. The van der Waals surface area contributed by atoms with Crippen molar-refractivity contribution in [2.45, 2.75) is 12.5 Å². The van der Waals surface area contributed by atoms with E-state index in [0.29, 0.717) is 23.3 Å². The summed E-state index contributed by atoms with van der Waals surface area (Å²) in [5.41, 5.74) is 3.03. The van der Waals surface area contributed by atoms with E-state index < -0.39 is 17.7 Å². The molecule has 0 aliphatic carbocycles. The van der Waals surface area contributed by atoms with Gasteiger partial charge >= 0.3 is 0 Å². The van der Waals surface area contributed by atoms with Crippen molar-refractivity contribution in [3.8, 4) is 11.5 Å². The molecule has 3 N–H and O–H groups in total. The van der Waals surface area contributed by atoms with Crippen LogP contribution in [0.4, 0.5) is 0 Å². The number of phenols is 1. The number of para-hydroxylation sites is 1. The maximum absolute atomic E-state index is 13.2. The van der Waals surface area contributed by atoms with E-state index in [0.717, 1.165) is 16.5 Å². The summed E-state index contributed by atoms with van der Waals surface area (Å²) in [6.45, 7) is 0.271. The number of methoxy groups -OCH3 is 1. The first-order valence-corrected chi connectivity index (χ1v) is 11.2. The Labute approximate surface area is 201 Å². The smallest absolute Gasteiger partial charge is 0.295 e. The van der Waals surface area contributed by atoms with Crippen LogP contribution in [0.2, 0.25) is 0 Å². The minimum absolute atomic E-state index is 0.00729. The van der Waals surface area contributed by atoms with Crippen LogP contribution in [0, 0.1) is 0 Å². The number of ether oxygens (including phenoxy) is 1. The Bertz CT molecular complexity index is 1450. The van der Waals surface area contributed by atoms with Crippen molar-refractivity contribution in [2.75, 3.05) is 13.7 Å². The van der Waals surface area contributed by atoms with Crippen molar-refractivity contribution in [1.29, 1.82) is 0 Å².